The van der Waals surface area contributed by atoms with Crippen LogP contribution in [-0.2, 0) is 6.54 Å². The van der Waals surface area contributed by atoms with Crippen LogP contribution in [0.3, 0.4) is 0 Å². The van der Waals surface area contributed by atoms with Crippen molar-refractivity contribution in [1.29, 1.82) is 0 Å². The molecular weight excluding hydrogens is 212 g/mol. The number of aromatic nitrogens is 2. The van der Waals surface area contributed by atoms with Crippen molar-refractivity contribution in [3.8, 4) is 12.3 Å². The van der Waals surface area contributed by atoms with Crippen molar-refractivity contribution in [2.24, 2.45) is 11.7 Å². The van der Waals surface area contributed by atoms with Gasteiger partial charge in [-0.15, -0.1) is 6.42 Å². The molecular formula is C13H18N4. The van der Waals surface area contributed by atoms with E-state index in [4.69, 9.17) is 12.2 Å². The van der Waals surface area contributed by atoms with E-state index in [1.54, 1.807) is 0 Å². The summed E-state index contributed by atoms with van der Waals surface area (Å²) in [4.78, 5) is 11.0. The molecule has 1 aliphatic rings. The van der Waals surface area contributed by atoms with Crippen LogP contribution in [0, 0.1) is 25.2 Å². The molecule has 0 spiro atoms. The summed E-state index contributed by atoms with van der Waals surface area (Å²) in [6.45, 7) is 3.90. The predicted octanol–water partition coefficient (Wildman–Crippen LogP) is 1.09. The Labute approximate surface area is 102 Å². The Balaban J connectivity index is 2.20. The van der Waals surface area contributed by atoms with Crippen molar-refractivity contribution in [1.82, 2.24) is 9.97 Å². The molecule has 0 radical (unpaired) electrons. The number of nitrogens with zero attached hydrogens (tertiary/aromatic N) is 3. The first-order valence-corrected chi connectivity index (χ1v) is 5.96. The lowest BCUT2D eigenvalue weighted by Gasteiger charge is -2.20. The van der Waals surface area contributed by atoms with Gasteiger partial charge in [-0.1, -0.05) is 5.92 Å². The maximum absolute atomic E-state index is 5.63. The largest absolute Gasteiger partial charge is 0.329 e. The fraction of sp³-hybridized carbons (Fsp3) is 0.538. The Morgan fingerprint density at radius 3 is 2.88 bits per heavy atom. The number of nitrogens with two attached hydrogens (primary N) is 1. The molecule has 1 heterocycles. The predicted molar refractivity (Wildman–Crippen MR) is 68.4 cm³/mol. The molecule has 4 heteroatoms. The first-order valence-electron chi connectivity index (χ1n) is 5.96. The van der Waals surface area contributed by atoms with Crippen molar-refractivity contribution in [3.63, 3.8) is 0 Å². The molecule has 1 aromatic rings. The summed E-state index contributed by atoms with van der Waals surface area (Å²) in [5, 5.41) is 0. The molecule has 2 N–H and O–H groups in total. The van der Waals surface area contributed by atoms with Crippen LogP contribution in [0.1, 0.15) is 24.2 Å². The molecule has 0 saturated heterocycles. The van der Waals surface area contributed by atoms with Gasteiger partial charge in [-0.3, -0.25) is 0 Å². The lowest BCUT2D eigenvalue weighted by atomic mass is 10.3. The summed E-state index contributed by atoms with van der Waals surface area (Å²) < 4.78 is 0. The molecule has 0 aliphatic heterocycles. The van der Waals surface area contributed by atoms with E-state index in [1.807, 2.05) is 13.0 Å². The molecule has 90 valence electrons. The Morgan fingerprint density at radius 2 is 2.29 bits per heavy atom. The van der Waals surface area contributed by atoms with Gasteiger partial charge in [0.1, 0.15) is 0 Å². The SMILES string of the molecule is C#CCN(CC1CC1)c1nc(C)cc(CN)n1. The summed E-state index contributed by atoms with van der Waals surface area (Å²) in [6.07, 6.45) is 7.98. The normalized spacial score (nSPS) is 14.4. The maximum atomic E-state index is 5.63. The molecule has 0 atom stereocenters. The zero-order chi connectivity index (χ0) is 12.3. The Hall–Kier alpha value is -1.60. The van der Waals surface area contributed by atoms with E-state index in [-0.39, 0.29) is 0 Å². The molecule has 0 bridgehead atoms. The molecule has 0 unspecified atom stereocenters. The average molecular weight is 230 g/mol. The van der Waals surface area contributed by atoms with E-state index >= 15 is 0 Å². The van der Waals surface area contributed by atoms with Crippen molar-refractivity contribution in [2.45, 2.75) is 26.3 Å². The summed E-state index contributed by atoms with van der Waals surface area (Å²) in [6, 6.07) is 1.91. The number of hydrogen-bond donors (Lipinski definition) is 1. The van der Waals surface area contributed by atoms with E-state index in [2.05, 4.69) is 20.8 Å². The van der Waals surface area contributed by atoms with Gasteiger partial charge in [-0.05, 0) is 31.7 Å². The Bertz CT molecular complexity index is 432. The molecule has 0 amide bonds. The molecule has 2 rings (SSSR count). The smallest absolute Gasteiger partial charge is 0.226 e. The maximum Gasteiger partial charge on any atom is 0.226 e. The van der Waals surface area contributed by atoms with Crippen LogP contribution in [0.2, 0.25) is 0 Å². The van der Waals surface area contributed by atoms with E-state index in [0.29, 0.717) is 13.1 Å². The zero-order valence-electron chi connectivity index (χ0n) is 10.2. The summed E-state index contributed by atoms with van der Waals surface area (Å²) in [5.41, 5.74) is 7.43. The van der Waals surface area contributed by atoms with Crippen LogP contribution in [0.25, 0.3) is 0 Å². The summed E-state index contributed by atoms with van der Waals surface area (Å²) in [5.74, 6) is 4.15. The average Bonchev–Trinajstić information content (AvgIpc) is 3.11. The van der Waals surface area contributed by atoms with Crippen LogP contribution >= 0.6 is 0 Å². The number of hydrogen-bond acceptors (Lipinski definition) is 4. The van der Waals surface area contributed by atoms with E-state index in [0.717, 1.165) is 29.8 Å². The van der Waals surface area contributed by atoms with Gasteiger partial charge in [0.25, 0.3) is 0 Å². The number of rotatable bonds is 5. The topological polar surface area (TPSA) is 55.0 Å². The standard InChI is InChI=1S/C13H18N4/c1-3-6-17(9-11-4-5-11)13-15-10(2)7-12(8-14)16-13/h1,7,11H,4-6,8-9,14H2,2H3. The van der Waals surface area contributed by atoms with Crippen LogP contribution in [0.4, 0.5) is 5.95 Å². The second-order valence-corrected chi connectivity index (χ2v) is 4.53. The van der Waals surface area contributed by atoms with Crippen molar-refractivity contribution < 1.29 is 0 Å². The van der Waals surface area contributed by atoms with Gasteiger partial charge < -0.3 is 10.6 Å². The lowest BCUT2D eigenvalue weighted by molar-refractivity contribution is 0.734. The van der Waals surface area contributed by atoms with Gasteiger partial charge in [0.05, 0.1) is 12.2 Å². The summed E-state index contributed by atoms with van der Waals surface area (Å²) >= 11 is 0. The molecule has 1 aromatic heterocycles. The van der Waals surface area contributed by atoms with Gasteiger partial charge >= 0.3 is 0 Å². The third-order valence-electron chi connectivity index (χ3n) is 2.85. The summed E-state index contributed by atoms with van der Waals surface area (Å²) in [7, 11) is 0. The first-order chi connectivity index (χ1) is 8.22. The number of terminal acetylenes is 1. The van der Waals surface area contributed by atoms with Crippen molar-refractivity contribution >= 4 is 5.95 Å². The highest BCUT2D eigenvalue weighted by atomic mass is 15.3. The van der Waals surface area contributed by atoms with Gasteiger partial charge in [0, 0.05) is 18.8 Å². The van der Waals surface area contributed by atoms with E-state index in [1.165, 1.54) is 12.8 Å². The highest BCUT2D eigenvalue weighted by molar-refractivity contribution is 5.34. The third kappa shape index (κ3) is 3.18. The fourth-order valence-corrected chi connectivity index (χ4v) is 1.80. The molecule has 1 saturated carbocycles. The minimum atomic E-state index is 0.434. The van der Waals surface area contributed by atoms with Crippen LogP contribution in [0.5, 0.6) is 0 Å². The zero-order valence-corrected chi connectivity index (χ0v) is 10.2. The van der Waals surface area contributed by atoms with Gasteiger partial charge in [0.15, 0.2) is 0 Å². The highest BCUT2D eigenvalue weighted by Gasteiger charge is 2.25. The van der Waals surface area contributed by atoms with E-state index in [9.17, 15) is 0 Å². The van der Waals surface area contributed by atoms with Gasteiger partial charge in [0.2, 0.25) is 5.95 Å². The van der Waals surface area contributed by atoms with Gasteiger partial charge in [-0.25, -0.2) is 9.97 Å². The van der Waals surface area contributed by atoms with Gasteiger partial charge in [-0.2, -0.15) is 0 Å². The Morgan fingerprint density at radius 1 is 1.53 bits per heavy atom. The van der Waals surface area contributed by atoms with Crippen LogP contribution in [0.15, 0.2) is 6.07 Å². The minimum absolute atomic E-state index is 0.434. The number of aryl methyl sites for hydroxylation is 1. The molecule has 4 nitrogen and oxygen atoms in total. The van der Waals surface area contributed by atoms with Crippen LogP contribution < -0.4 is 10.6 Å². The highest BCUT2D eigenvalue weighted by Crippen LogP contribution is 2.30. The van der Waals surface area contributed by atoms with E-state index < -0.39 is 0 Å². The van der Waals surface area contributed by atoms with Crippen molar-refractivity contribution in [3.05, 3.63) is 17.5 Å². The second-order valence-electron chi connectivity index (χ2n) is 4.53. The minimum Gasteiger partial charge on any atom is -0.329 e. The van der Waals surface area contributed by atoms with Crippen LogP contribution in [-0.4, -0.2) is 23.1 Å². The van der Waals surface area contributed by atoms with Crippen molar-refractivity contribution in [2.75, 3.05) is 18.0 Å². The molecule has 17 heavy (non-hydrogen) atoms. The third-order valence-corrected chi connectivity index (χ3v) is 2.85. The Kier molecular flexibility index (Phi) is 3.60. The molecule has 1 fully saturated rings. The molecule has 0 aromatic carbocycles. The molecule has 1 aliphatic carbocycles. The second kappa shape index (κ2) is 5.15. The monoisotopic (exact) mass is 230 g/mol. The quantitative estimate of drug-likeness (QED) is 0.769. The lowest BCUT2D eigenvalue weighted by Crippen LogP contribution is -2.28. The fourth-order valence-electron chi connectivity index (χ4n) is 1.80. The number of anilines is 1. The first kappa shape index (κ1) is 11.9.